The third-order valence-electron chi connectivity index (χ3n) is 6.61. The minimum Gasteiger partial charge on any atom is -0.379 e. The smallest absolute Gasteiger partial charge is 0.193 e. The molecule has 3 aliphatic rings. The van der Waals surface area contributed by atoms with Crippen LogP contribution in [0.4, 0.5) is 5.82 Å². The average Bonchev–Trinajstić information content (AvgIpc) is 3.07. The van der Waals surface area contributed by atoms with E-state index in [1.54, 1.807) is 0 Å². The largest absolute Gasteiger partial charge is 0.379 e. The molecular formula is C23H39IN6O. The average molecular weight is 543 g/mol. The summed E-state index contributed by atoms with van der Waals surface area (Å²) in [7, 11) is 1.90. The highest BCUT2D eigenvalue weighted by Crippen LogP contribution is 2.20. The van der Waals surface area contributed by atoms with E-state index >= 15 is 0 Å². The van der Waals surface area contributed by atoms with Crippen molar-refractivity contribution in [3.05, 3.63) is 23.9 Å². The van der Waals surface area contributed by atoms with Crippen molar-refractivity contribution in [2.45, 2.75) is 38.6 Å². The molecule has 1 atom stereocenters. The molecule has 8 heteroatoms. The molecule has 1 unspecified atom stereocenters. The van der Waals surface area contributed by atoms with Gasteiger partial charge in [0.05, 0.1) is 13.2 Å². The molecule has 0 spiro atoms. The van der Waals surface area contributed by atoms with E-state index in [-0.39, 0.29) is 24.0 Å². The molecule has 0 amide bonds. The summed E-state index contributed by atoms with van der Waals surface area (Å²) in [5, 5.41) is 3.59. The summed E-state index contributed by atoms with van der Waals surface area (Å²) in [6, 6.07) is 4.36. The Morgan fingerprint density at radius 2 is 1.90 bits per heavy atom. The Kier molecular flexibility index (Phi) is 10.1. The molecule has 0 aromatic carbocycles. The van der Waals surface area contributed by atoms with Gasteiger partial charge in [-0.25, -0.2) is 4.98 Å². The van der Waals surface area contributed by atoms with Crippen LogP contribution in [0.15, 0.2) is 23.3 Å². The van der Waals surface area contributed by atoms with Crippen LogP contribution in [0, 0.1) is 5.92 Å². The predicted octanol–water partition coefficient (Wildman–Crippen LogP) is 2.81. The van der Waals surface area contributed by atoms with Crippen LogP contribution >= 0.6 is 24.0 Å². The Labute approximate surface area is 204 Å². The molecule has 3 saturated heterocycles. The number of ether oxygens (including phenoxy) is 1. The number of rotatable bonds is 5. The molecule has 0 bridgehead atoms. The van der Waals surface area contributed by atoms with Crippen LogP contribution in [0.25, 0.3) is 0 Å². The Bertz CT molecular complexity index is 688. The van der Waals surface area contributed by atoms with Crippen LogP contribution in [-0.4, -0.2) is 86.8 Å². The molecule has 1 N–H and O–H groups in total. The number of likely N-dealkylation sites (tertiary alicyclic amines) is 1. The third-order valence-corrected chi connectivity index (χ3v) is 6.61. The lowest BCUT2D eigenvalue weighted by Gasteiger charge is -2.29. The zero-order valence-electron chi connectivity index (χ0n) is 19.0. The fourth-order valence-corrected chi connectivity index (χ4v) is 4.88. The van der Waals surface area contributed by atoms with Gasteiger partial charge in [-0.1, -0.05) is 12.8 Å². The van der Waals surface area contributed by atoms with Crippen LogP contribution < -0.4 is 10.2 Å². The summed E-state index contributed by atoms with van der Waals surface area (Å²) in [6.07, 6.45) is 8.43. The first kappa shape index (κ1) is 24.5. The van der Waals surface area contributed by atoms with E-state index in [0.717, 1.165) is 76.7 Å². The van der Waals surface area contributed by atoms with Crippen LogP contribution in [0.2, 0.25) is 0 Å². The molecule has 174 valence electrons. The van der Waals surface area contributed by atoms with Gasteiger partial charge in [-0.3, -0.25) is 9.89 Å². The standard InChI is InChI=1S/C23H38N6O.HI/c1-24-23(29-11-7-21(19-29)18-27-12-14-30-15-13-27)26-17-20-6-8-25-22(16-20)28-9-4-2-3-5-10-28;/h6,8,16,21H,2-5,7,9-15,17-19H2,1H3,(H,24,26);1H. The highest BCUT2D eigenvalue weighted by molar-refractivity contribution is 14.0. The number of aliphatic imine (C=N–C) groups is 1. The maximum absolute atomic E-state index is 5.48. The van der Waals surface area contributed by atoms with E-state index < -0.39 is 0 Å². The minimum atomic E-state index is 0. The fourth-order valence-electron chi connectivity index (χ4n) is 4.88. The molecule has 4 heterocycles. The summed E-state index contributed by atoms with van der Waals surface area (Å²) >= 11 is 0. The van der Waals surface area contributed by atoms with Gasteiger partial charge in [0.2, 0.25) is 0 Å². The number of nitrogens with one attached hydrogen (secondary N) is 1. The highest BCUT2D eigenvalue weighted by Gasteiger charge is 2.27. The molecule has 1 aromatic heterocycles. The molecule has 1 aromatic rings. The predicted molar refractivity (Wildman–Crippen MR) is 137 cm³/mol. The molecule has 31 heavy (non-hydrogen) atoms. The van der Waals surface area contributed by atoms with Crippen molar-refractivity contribution in [2.24, 2.45) is 10.9 Å². The van der Waals surface area contributed by atoms with E-state index in [2.05, 4.69) is 42.1 Å². The van der Waals surface area contributed by atoms with Crippen molar-refractivity contribution in [1.29, 1.82) is 0 Å². The van der Waals surface area contributed by atoms with E-state index in [1.807, 2.05) is 13.2 Å². The zero-order valence-corrected chi connectivity index (χ0v) is 21.3. The van der Waals surface area contributed by atoms with Crippen LogP contribution in [-0.2, 0) is 11.3 Å². The molecule has 0 saturated carbocycles. The Morgan fingerprint density at radius 3 is 2.65 bits per heavy atom. The van der Waals surface area contributed by atoms with Gasteiger partial charge in [0, 0.05) is 65.6 Å². The number of anilines is 1. The monoisotopic (exact) mass is 542 g/mol. The van der Waals surface area contributed by atoms with Crippen molar-refractivity contribution in [1.82, 2.24) is 20.1 Å². The van der Waals surface area contributed by atoms with Crippen molar-refractivity contribution < 1.29 is 4.74 Å². The molecule has 0 radical (unpaired) electrons. The molecule has 7 nitrogen and oxygen atoms in total. The first-order valence-electron chi connectivity index (χ1n) is 11.8. The number of halogens is 1. The van der Waals surface area contributed by atoms with Crippen LogP contribution in [0.5, 0.6) is 0 Å². The Balaban J connectivity index is 0.00000272. The Hall–Kier alpha value is -1.13. The van der Waals surface area contributed by atoms with E-state index in [4.69, 9.17) is 4.74 Å². The number of nitrogens with zero attached hydrogens (tertiary/aromatic N) is 5. The van der Waals surface area contributed by atoms with E-state index in [0.29, 0.717) is 0 Å². The van der Waals surface area contributed by atoms with Crippen molar-refractivity contribution in [2.75, 3.05) is 71.0 Å². The van der Waals surface area contributed by atoms with Gasteiger partial charge in [0.1, 0.15) is 5.82 Å². The molecule has 4 rings (SSSR count). The summed E-state index contributed by atoms with van der Waals surface area (Å²) < 4.78 is 5.48. The van der Waals surface area contributed by atoms with Gasteiger partial charge in [0.15, 0.2) is 5.96 Å². The van der Waals surface area contributed by atoms with Gasteiger partial charge in [-0.2, -0.15) is 0 Å². The lowest BCUT2D eigenvalue weighted by molar-refractivity contribution is 0.0315. The number of guanidine groups is 1. The highest BCUT2D eigenvalue weighted by atomic mass is 127. The summed E-state index contributed by atoms with van der Waals surface area (Å²) in [5.74, 6) is 2.86. The first-order chi connectivity index (χ1) is 14.8. The maximum Gasteiger partial charge on any atom is 0.193 e. The van der Waals surface area contributed by atoms with Gasteiger partial charge in [-0.05, 0) is 42.9 Å². The summed E-state index contributed by atoms with van der Waals surface area (Å²) in [4.78, 5) is 16.6. The topological polar surface area (TPSA) is 56.2 Å². The second-order valence-corrected chi connectivity index (χ2v) is 8.84. The van der Waals surface area contributed by atoms with Gasteiger partial charge < -0.3 is 19.9 Å². The number of morpholine rings is 1. The SMILES string of the molecule is CN=C(NCc1ccnc(N2CCCCCC2)c1)N1CCC(CN2CCOCC2)C1.I. The first-order valence-corrected chi connectivity index (χ1v) is 11.8. The molecule has 3 aliphatic heterocycles. The number of aromatic nitrogens is 1. The van der Waals surface area contributed by atoms with Crippen molar-refractivity contribution in [3.8, 4) is 0 Å². The van der Waals surface area contributed by atoms with Crippen LogP contribution in [0.1, 0.15) is 37.7 Å². The lowest BCUT2D eigenvalue weighted by Crippen LogP contribution is -2.42. The third kappa shape index (κ3) is 7.18. The van der Waals surface area contributed by atoms with Gasteiger partial charge in [-0.15, -0.1) is 24.0 Å². The quantitative estimate of drug-likeness (QED) is 0.351. The van der Waals surface area contributed by atoms with E-state index in [9.17, 15) is 0 Å². The normalized spacial score (nSPS) is 23.4. The minimum absolute atomic E-state index is 0. The van der Waals surface area contributed by atoms with Crippen molar-refractivity contribution >= 4 is 35.8 Å². The molecular weight excluding hydrogens is 503 g/mol. The lowest BCUT2D eigenvalue weighted by atomic mass is 10.1. The van der Waals surface area contributed by atoms with Crippen molar-refractivity contribution in [3.63, 3.8) is 0 Å². The number of hydrogen-bond donors (Lipinski definition) is 1. The number of hydrogen-bond acceptors (Lipinski definition) is 5. The number of pyridine rings is 1. The van der Waals surface area contributed by atoms with Crippen LogP contribution in [0.3, 0.4) is 0 Å². The molecule has 3 fully saturated rings. The summed E-state index contributed by atoms with van der Waals surface area (Å²) in [6.45, 7) is 10.3. The van der Waals surface area contributed by atoms with E-state index in [1.165, 1.54) is 44.2 Å². The zero-order chi connectivity index (χ0) is 20.6. The maximum atomic E-state index is 5.48. The second-order valence-electron chi connectivity index (χ2n) is 8.84. The Morgan fingerprint density at radius 1 is 1.13 bits per heavy atom. The molecule has 0 aliphatic carbocycles. The second kappa shape index (κ2) is 12.8. The summed E-state index contributed by atoms with van der Waals surface area (Å²) in [5.41, 5.74) is 1.27. The van der Waals surface area contributed by atoms with Gasteiger partial charge in [0.25, 0.3) is 0 Å². The fraction of sp³-hybridized carbons (Fsp3) is 0.739. The van der Waals surface area contributed by atoms with Gasteiger partial charge >= 0.3 is 0 Å².